The molecule has 5 heteroatoms. The fraction of sp³-hybridized carbons (Fsp3) is 0.167. The van der Waals surface area contributed by atoms with Crippen LogP contribution in [-0.2, 0) is 6.54 Å². The largest absolute Gasteiger partial charge is 0.467 e. The van der Waals surface area contributed by atoms with Gasteiger partial charge in [0.15, 0.2) is 0 Å². The third-order valence-electron chi connectivity index (χ3n) is 4.02. The number of nitrogens with two attached hydrogens (primary N) is 1. The molecule has 0 aliphatic carbocycles. The lowest BCUT2D eigenvalue weighted by Gasteiger charge is -2.11. The van der Waals surface area contributed by atoms with E-state index < -0.39 is 5.91 Å². The smallest absolute Gasteiger partial charge is 0.250 e. The SMILES string of the molecule is Cc1c(C(N)=O)c(C)n(Cc2ccco2)c1-c1ccc(Br)cc1. The van der Waals surface area contributed by atoms with Crippen LogP contribution in [0.15, 0.2) is 51.6 Å². The summed E-state index contributed by atoms with van der Waals surface area (Å²) in [6.07, 6.45) is 1.65. The average molecular weight is 373 g/mol. The van der Waals surface area contributed by atoms with Crippen LogP contribution < -0.4 is 5.73 Å². The highest BCUT2D eigenvalue weighted by Crippen LogP contribution is 2.32. The molecule has 0 aliphatic rings. The summed E-state index contributed by atoms with van der Waals surface area (Å²) >= 11 is 3.45. The second-order valence-electron chi connectivity index (χ2n) is 5.47. The minimum atomic E-state index is -0.406. The first-order chi connectivity index (χ1) is 11.0. The van der Waals surface area contributed by atoms with Gasteiger partial charge < -0.3 is 14.7 Å². The van der Waals surface area contributed by atoms with E-state index in [1.165, 1.54) is 0 Å². The number of carbonyl (C=O) groups is 1. The number of hydrogen-bond donors (Lipinski definition) is 1. The fourth-order valence-electron chi connectivity index (χ4n) is 2.99. The van der Waals surface area contributed by atoms with E-state index in [1.807, 2.05) is 50.2 Å². The van der Waals surface area contributed by atoms with Crippen LogP contribution in [0, 0.1) is 13.8 Å². The Labute approximate surface area is 143 Å². The van der Waals surface area contributed by atoms with Gasteiger partial charge in [-0.2, -0.15) is 0 Å². The van der Waals surface area contributed by atoms with E-state index in [4.69, 9.17) is 10.2 Å². The first-order valence-electron chi connectivity index (χ1n) is 7.27. The molecular weight excluding hydrogens is 356 g/mol. The van der Waals surface area contributed by atoms with Gasteiger partial charge in [0.25, 0.3) is 5.91 Å². The van der Waals surface area contributed by atoms with Crippen molar-refractivity contribution in [1.29, 1.82) is 0 Å². The highest BCUT2D eigenvalue weighted by atomic mass is 79.9. The zero-order chi connectivity index (χ0) is 16.6. The predicted molar refractivity (Wildman–Crippen MR) is 93.4 cm³/mol. The lowest BCUT2D eigenvalue weighted by molar-refractivity contribution is 0.0999. The molecule has 1 aromatic carbocycles. The second-order valence-corrected chi connectivity index (χ2v) is 6.39. The Morgan fingerprint density at radius 1 is 1.22 bits per heavy atom. The summed E-state index contributed by atoms with van der Waals surface area (Å²) in [6.45, 7) is 4.40. The van der Waals surface area contributed by atoms with Gasteiger partial charge in [-0.3, -0.25) is 4.79 Å². The van der Waals surface area contributed by atoms with Crippen molar-refractivity contribution in [3.05, 3.63) is 69.7 Å². The van der Waals surface area contributed by atoms with Crippen LogP contribution in [0.4, 0.5) is 0 Å². The number of halogens is 1. The van der Waals surface area contributed by atoms with Crippen LogP contribution >= 0.6 is 15.9 Å². The second kappa shape index (κ2) is 6.08. The van der Waals surface area contributed by atoms with E-state index in [0.29, 0.717) is 12.1 Å². The van der Waals surface area contributed by atoms with Gasteiger partial charge in [0.2, 0.25) is 0 Å². The average Bonchev–Trinajstić information content (AvgIpc) is 3.08. The molecular formula is C18H17BrN2O2. The Kier molecular flexibility index (Phi) is 4.13. The Morgan fingerprint density at radius 3 is 2.48 bits per heavy atom. The Morgan fingerprint density at radius 2 is 1.91 bits per heavy atom. The van der Waals surface area contributed by atoms with Gasteiger partial charge in [-0.15, -0.1) is 0 Å². The monoisotopic (exact) mass is 372 g/mol. The first kappa shape index (κ1) is 15.6. The fourth-order valence-corrected chi connectivity index (χ4v) is 3.26. The van der Waals surface area contributed by atoms with E-state index in [0.717, 1.165) is 32.7 Å². The molecule has 0 unspecified atom stereocenters. The quantitative estimate of drug-likeness (QED) is 0.742. The summed E-state index contributed by atoms with van der Waals surface area (Å²) in [7, 11) is 0. The number of nitrogens with zero attached hydrogens (tertiary/aromatic N) is 1. The molecule has 2 heterocycles. The molecule has 2 aromatic heterocycles. The summed E-state index contributed by atoms with van der Waals surface area (Å²) in [5, 5.41) is 0. The molecule has 0 fully saturated rings. The zero-order valence-electron chi connectivity index (χ0n) is 13.0. The van der Waals surface area contributed by atoms with Crippen molar-refractivity contribution in [3.63, 3.8) is 0 Å². The molecule has 0 saturated carbocycles. The molecule has 0 saturated heterocycles. The van der Waals surface area contributed by atoms with E-state index >= 15 is 0 Å². The van der Waals surface area contributed by atoms with Gasteiger partial charge >= 0.3 is 0 Å². The van der Waals surface area contributed by atoms with Gasteiger partial charge in [-0.1, -0.05) is 28.1 Å². The minimum Gasteiger partial charge on any atom is -0.467 e. The van der Waals surface area contributed by atoms with Crippen molar-refractivity contribution in [2.75, 3.05) is 0 Å². The molecule has 3 aromatic rings. The van der Waals surface area contributed by atoms with Crippen molar-refractivity contribution in [2.45, 2.75) is 20.4 Å². The Balaban J connectivity index is 2.21. The normalized spacial score (nSPS) is 10.9. The molecule has 0 spiro atoms. The van der Waals surface area contributed by atoms with Crippen LogP contribution in [0.25, 0.3) is 11.3 Å². The van der Waals surface area contributed by atoms with Gasteiger partial charge in [0.1, 0.15) is 5.76 Å². The molecule has 23 heavy (non-hydrogen) atoms. The molecule has 4 nitrogen and oxygen atoms in total. The molecule has 3 rings (SSSR count). The molecule has 0 atom stereocenters. The highest BCUT2D eigenvalue weighted by Gasteiger charge is 2.22. The maximum absolute atomic E-state index is 11.9. The number of benzene rings is 1. The number of carbonyl (C=O) groups excluding carboxylic acids is 1. The molecule has 1 amide bonds. The summed E-state index contributed by atoms with van der Waals surface area (Å²) in [6, 6.07) is 11.8. The molecule has 0 aliphatic heterocycles. The maximum Gasteiger partial charge on any atom is 0.250 e. The zero-order valence-corrected chi connectivity index (χ0v) is 14.6. The van der Waals surface area contributed by atoms with E-state index in [-0.39, 0.29) is 0 Å². The third-order valence-corrected chi connectivity index (χ3v) is 4.55. The Bertz CT molecular complexity index is 846. The number of aromatic nitrogens is 1. The van der Waals surface area contributed by atoms with Crippen LogP contribution in [0.3, 0.4) is 0 Å². The lowest BCUT2D eigenvalue weighted by atomic mass is 10.1. The van der Waals surface area contributed by atoms with Crippen LogP contribution in [-0.4, -0.2) is 10.5 Å². The number of amides is 1. The van der Waals surface area contributed by atoms with E-state index in [9.17, 15) is 4.79 Å². The van der Waals surface area contributed by atoms with Crippen molar-refractivity contribution in [3.8, 4) is 11.3 Å². The van der Waals surface area contributed by atoms with Gasteiger partial charge in [-0.05, 0) is 49.2 Å². The summed E-state index contributed by atoms with van der Waals surface area (Å²) in [4.78, 5) is 11.9. The summed E-state index contributed by atoms with van der Waals surface area (Å²) in [5.41, 5.74) is 9.93. The maximum atomic E-state index is 11.9. The molecule has 0 bridgehead atoms. The predicted octanol–water partition coefficient (Wildman–Crippen LogP) is 4.27. The Hall–Kier alpha value is -2.27. The van der Waals surface area contributed by atoms with Crippen molar-refractivity contribution in [2.24, 2.45) is 5.73 Å². The lowest BCUT2D eigenvalue weighted by Crippen LogP contribution is -2.13. The van der Waals surface area contributed by atoms with Crippen LogP contribution in [0.1, 0.15) is 27.4 Å². The van der Waals surface area contributed by atoms with Crippen molar-refractivity contribution in [1.82, 2.24) is 4.57 Å². The standard InChI is InChI=1S/C18H17BrN2O2/c1-11-16(18(20)22)12(2)21(10-15-4-3-9-23-15)17(11)13-5-7-14(19)8-6-13/h3-9H,10H2,1-2H3,(H2,20,22). The van der Waals surface area contributed by atoms with Crippen LogP contribution in [0.5, 0.6) is 0 Å². The summed E-state index contributed by atoms with van der Waals surface area (Å²) < 4.78 is 8.56. The van der Waals surface area contributed by atoms with E-state index in [1.54, 1.807) is 6.26 Å². The van der Waals surface area contributed by atoms with Crippen molar-refractivity contribution < 1.29 is 9.21 Å². The topological polar surface area (TPSA) is 61.2 Å². The van der Waals surface area contributed by atoms with Crippen molar-refractivity contribution >= 4 is 21.8 Å². The van der Waals surface area contributed by atoms with E-state index in [2.05, 4.69) is 20.5 Å². The number of primary amides is 1. The summed E-state index contributed by atoms with van der Waals surface area (Å²) in [5.74, 6) is 0.425. The van der Waals surface area contributed by atoms with Gasteiger partial charge in [0.05, 0.1) is 24.1 Å². The van der Waals surface area contributed by atoms with Gasteiger partial charge in [0, 0.05) is 10.2 Å². The number of rotatable bonds is 4. The minimum absolute atomic E-state index is 0.406. The van der Waals surface area contributed by atoms with Gasteiger partial charge in [-0.25, -0.2) is 0 Å². The molecule has 2 N–H and O–H groups in total. The number of hydrogen-bond acceptors (Lipinski definition) is 2. The molecule has 118 valence electrons. The number of furan rings is 1. The first-order valence-corrected chi connectivity index (χ1v) is 8.06. The third kappa shape index (κ3) is 2.84. The van der Waals surface area contributed by atoms with Crippen LogP contribution in [0.2, 0.25) is 0 Å². The molecule has 0 radical (unpaired) electrons. The highest BCUT2D eigenvalue weighted by molar-refractivity contribution is 9.10.